The average Bonchev–Trinajstić information content (AvgIpc) is 2.49. The first-order valence-corrected chi connectivity index (χ1v) is 8.05. The zero-order chi connectivity index (χ0) is 15.0. The summed E-state index contributed by atoms with van der Waals surface area (Å²) in [5.41, 5.74) is 3.11. The average molecular weight is 321 g/mol. The van der Waals surface area contributed by atoms with Gasteiger partial charge in [-0.3, -0.25) is 0 Å². The largest absolute Gasteiger partial charge is 0.381 e. The SMILES string of the molecule is CC(O)(c1ccc2c(c1)CCCC2)c1cccc(Cl)c1Cl. The fourth-order valence-corrected chi connectivity index (χ4v) is 3.56. The molecule has 3 rings (SSSR count). The summed E-state index contributed by atoms with van der Waals surface area (Å²) in [6.07, 6.45) is 4.69. The molecular formula is C18H18Cl2O. The van der Waals surface area contributed by atoms with E-state index in [9.17, 15) is 5.11 Å². The predicted molar refractivity (Wildman–Crippen MR) is 88.2 cm³/mol. The normalized spacial score (nSPS) is 17.1. The number of halogens is 2. The molecule has 2 aromatic carbocycles. The summed E-state index contributed by atoms with van der Waals surface area (Å²) in [5.74, 6) is 0. The predicted octanol–water partition coefficient (Wildman–Crippen LogP) is 5.13. The van der Waals surface area contributed by atoms with Gasteiger partial charge in [0.05, 0.1) is 10.0 Å². The molecule has 1 unspecified atom stereocenters. The van der Waals surface area contributed by atoms with Crippen molar-refractivity contribution in [1.29, 1.82) is 0 Å². The van der Waals surface area contributed by atoms with E-state index < -0.39 is 5.60 Å². The molecule has 0 saturated heterocycles. The van der Waals surface area contributed by atoms with Gasteiger partial charge in [-0.25, -0.2) is 0 Å². The second-order valence-electron chi connectivity index (χ2n) is 5.86. The van der Waals surface area contributed by atoms with Gasteiger partial charge in [-0.2, -0.15) is 0 Å². The molecule has 0 fully saturated rings. The third kappa shape index (κ3) is 2.70. The van der Waals surface area contributed by atoms with Gasteiger partial charge in [-0.15, -0.1) is 0 Å². The molecule has 0 bridgehead atoms. The van der Waals surface area contributed by atoms with Gasteiger partial charge in [0.15, 0.2) is 0 Å². The van der Waals surface area contributed by atoms with Crippen LogP contribution in [0.25, 0.3) is 0 Å². The van der Waals surface area contributed by atoms with Gasteiger partial charge < -0.3 is 5.11 Å². The van der Waals surface area contributed by atoms with Gasteiger partial charge in [0.2, 0.25) is 0 Å². The van der Waals surface area contributed by atoms with Crippen molar-refractivity contribution >= 4 is 23.2 Å². The van der Waals surface area contributed by atoms with Gasteiger partial charge >= 0.3 is 0 Å². The second kappa shape index (κ2) is 5.64. The van der Waals surface area contributed by atoms with Crippen LogP contribution in [0.1, 0.15) is 42.0 Å². The van der Waals surface area contributed by atoms with E-state index in [2.05, 4.69) is 12.1 Å². The first-order chi connectivity index (χ1) is 10.00. The number of aliphatic hydroxyl groups is 1. The van der Waals surface area contributed by atoms with Crippen molar-refractivity contribution in [2.24, 2.45) is 0 Å². The maximum atomic E-state index is 11.0. The van der Waals surface area contributed by atoms with Crippen LogP contribution in [-0.2, 0) is 18.4 Å². The molecule has 1 aliphatic carbocycles. The molecule has 1 nitrogen and oxygen atoms in total. The van der Waals surface area contributed by atoms with E-state index in [0.717, 1.165) is 18.4 Å². The van der Waals surface area contributed by atoms with E-state index in [1.807, 2.05) is 18.2 Å². The maximum Gasteiger partial charge on any atom is 0.113 e. The Morgan fingerprint density at radius 3 is 2.48 bits per heavy atom. The number of fused-ring (bicyclic) bond motifs is 1. The molecule has 2 aromatic rings. The summed E-state index contributed by atoms with van der Waals surface area (Å²) in [6.45, 7) is 1.77. The Labute approximate surface area is 135 Å². The van der Waals surface area contributed by atoms with Crippen molar-refractivity contribution in [3.8, 4) is 0 Å². The zero-order valence-corrected chi connectivity index (χ0v) is 13.5. The van der Waals surface area contributed by atoms with Crippen molar-refractivity contribution in [3.63, 3.8) is 0 Å². The summed E-state index contributed by atoms with van der Waals surface area (Å²) < 4.78 is 0. The van der Waals surface area contributed by atoms with Crippen molar-refractivity contribution in [1.82, 2.24) is 0 Å². The first kappa shape index (κ1) is 14.9. The highest BCUT2D eigenvalue weighted by atomic mass is 35.5. The molecule has 0 amide bonds. The molecular weight excluding hydrogens is 303 g/mol. The number of hydrogen-bond acceptors (Lipinski definition) is 1. The lowest BCUT2D eigenvalue weighted by atomic mass is 9.83. The van der Waals surface area contributed by atoms with Gasteiger partial charge in [0.25, 0.3) is 0 Å². The molecule has 0 saturated carbocycles. The maximum absolute atomic E-state index is 11.0. The minimum Gasteiger partial charge on any atom is -0.381 e. The summed E-state index contributed by atoms with van der Waals surface area (Å²) >= 11 is 12.4. The van der Waals surface area contributed by atoms with E-state index in [-0.39, 0.29) is 0 Å². The van der Waals surface area contributed by atoms with Crippen molar-refractivity contribution in [3.05, 3.63) is 68.7 Å². The van der Waals surface area contributed by atoms with Crippen LogP contribution in [-0.4, -0.2) is 5.11 Å². The number of rotatable bonds is 2. The summed E-state index contributed by atoms with van der Waals surface area (Å²) in [7, 11) is 0. The highest BCUT2D eigenvalue weighted by Crippen LogP contribution is 2.38. The van der Waals surface area contributed by atoms with E-state index in [0.29, 0.717) is 15.6 Å². The Bertz CT molecular complexity index is 677. The van der Waals surface area contributed by atoms with E-state index in [1.54, 1.807) is 13.0 Å². The third-order valence-electron chi connectivity index (χ3n) is 4.39. The molecule has 1 atom stereocenters. The van der Waals surface area contributed by atoms with Crippen LogP contribution in [0, 0.1) is 0 Å². The van der Waals surface area contributed by atoms with E-state index in [1.165, 1.54) is 24.0 Å². The highest BCUT2D eigenvalue weighted by Gasteiger charge is 2.29. The summed E-state index contributed by atoms with van der Waals surface area (Å²) in [6, 6.07) is 11.6. The van der Waals surface area contributed by atoms with Crippen LogP contribution >= 0.6 is 23.2 Å². The Balaban J connectivity index is 2.07. The van der Waals surface area contributed by atoms with Crippen molar-refractivity contribution in [2.45, 2.75) is 38.2 Å². The Kier molecular flexibility index (Phi) is 4.00. The molecule has 0 spiro atoms. The molecule has 1 aliphatic rings. The quantitative estimate of drug-likeness (QED) is 0.813. The molecule has 3 heteroatoms. The summed E-state index contributed by atoms with van der Waals surface area (Å²) in [4.78, 5) is 0. The zero-order valence-electron chi connectivity index (χ0n) is 12.0. The fourth-order valence-electron chi connectivity index (χ4n) is 3.07. The molecule has 0 radical (unpaired) electrons. The van der Waals surface area contributed by atoms with Gasteiger partial charge in [0, 0.05) is 5.56 Å². The number of hydrogen-bond donors (Lipinski definition) is 1. The molecule has 0 aliphatic heterocycles. The van der Waals surface area contributed by atoms with Gasteiger partial charge in [-0.05, 0) is 55.4 Å². The lowest BCUT2D eigenvalue weighted by Crippen LogP contribution is -2.24. The Morgan fingerprint density at radius 1 is 1.00 bits per heavy atom. The fraction of sp³-hybridized carbons (Fsp3) is 0.333. The smallest absolute Gasteiger partial charge is 0.113 e. The first-order valence-electron chi connectivity index (χ1n) is 7.29. The highest BCUT2D eigenvalue weighted by molar-refractivity contribution is 6.42. The number of aryl methyl sites for hydroxylation is 2. The van der Waals surface area contributed by atoms with Crippen LogP contribution in [0.15, 0.2) is 36.4 Å². The van der Waals surface area contributed by atoms with Crippen LogP contribution < -0.4 is 0 Å². The van der Waals surface area contributed by atoms with Crippen molar-refractivity contribution in [2.75, 3.05) is 0 Å². The lowest BCUT2D eigenvalue weighted by molar-refractivity contribution is 0.102. The standard InChI is InChI=1S/C18H18Cl2O/c1-18(21,15-7-4-8-16(19)17(15)20)14-10-9-12-5-2-3-6-13(12)11-14/h4,7-11,21H,2-3,5-6H2,1H3. The van der Waals surface area contributed by atoms with E-state index in [4.69, 9.17) is 23.2 Å². The topological polar surface area (TPSA) is 20.2 Å². The minimum atomic E-state index is -1.14. The van der Waals surface area contributed by atoms with Gasteiger partial charge in [0.1, 0.15) is 5.60 Å². The van der Waals surface area contributed by atoms with Crippen molar-refractivity contribution < 1.29 is 5.11 Å². The minimum absolute atomic E-state index is 0.418. The second-order valence-corrected chi connectivity index (χ2v) is 6.65. The van der Waals surface area contributed by atoms with E-state index >= 15 is 0 Å². The summed E-state index contributed by atoms with van der Waals surface area (Å²) in [5, 5.41) is 11.9. The molecule has 0 heterocycles. The Morgan fingerprint density at radius 2 is 1.71 bits per heavy atom. The van der Waals surface area contributed by atoms with Crippen LogP contribution in [0.3, 0.4) is 0 Å². The molecule has 1 N–H and O–H groups in total. The Hall–Kier alpha value is -1.02. The lowest BCUT2D eigenvalue weighted by Gasteiger charge is -2.28. The number of benzene rings is 2. The third-order valence-corrected chi connectivity index (χ3v) is 5.21. The monoisotopic (exact) mass is 320 g/mol. The van der Waals surface area contributed by atoms with Crippen LogP contribution in [0.2, 0.25) is 10.0 Å². The molecule has 21 heavy (non-hydrogen) atoms. The molecule has 0 aromatic heterocycles. The van der Waals surface area contributed by atoms with Crippen LogP contribution in [0.4, 0.5) is 0 Å². The van der Waals surface area contributed by atoms with Gasteiger partial charge in [-0.1, -0.05) is 53.5 Å². The van der Waals surface area contributed by atoms with Crippen LogP contribution in [0.5, 0.6) is 0 Å². The molecule has 110 valence electrons.